The molecule has 3 aromatic rings. The van der Waals surface area contributed by atoms with Crippen molar-refractivity contribution in [2.75, 3.05) is 16.8 Å². The van der Waals surface area contributed by atoms with Crippen molar-refractivity contribution in [1.29, 1.82) is 0 Å². The zero-order valence-corrected chi connectivity index (χ0v) is 17.1. The fourth-order valence-electron chi connectivity index (χ4n) is 3.73. The Hall–Kier alpha value is -3.55. The van der Waals surface area contributed by atoms with Gasteiger partial charge in [-0.25, -0.2) is 0 Å². The van der Waals surface area contributed by atoms with Gasteiger partial charge in [0.05, 0.1) is 22.9 Å². The van der Waals surface area contributed by atoms with Gasteiger partial charge in [-0.3, -0.25) is 14.3 Å². The minimum absolute atomic E-state index is 0.0253. The van der Waals surface area contributed by atoms with Gasteiger partial charge in [0.15, 0.2) is 5.82 Å². The Labute approximate surface area is 174 Å². The minimum atomic E-state index is -0.518. The maximum Gasteiger partial charge on any atom is 0.231 e. The second-order valence-corrected chi connectivity index (χ2v) is 7.70. The number of aromatic hydroxyl groups is 1. The molecule has 1 aliphatic heterocycles. The summed E-state index contributed by atoms with van der Waals surface area (Å²) in [6, 6.07) is 12.1. The van der Waals surface area contributed by atoms with Gasteiger partial charge in [-0.1, -0.05) is 12.1 Å². The second-order valence-electron chi connectivity index (χ2n) is 7.70. The topological polar surface area (TPSA) is 96.7 Å². The monoisotopic (exact) mass is 408 g/mol. The van der Waals surface area contributed by atoms with Gasteiger partial charge in [0.25, 0.3) is 0 Å². The number of ether oxygens (including phenoxy) is 1. The Morgan fingerprint density at radius 1 is 1.27 bits per heavy atom. The highest BCUT2D eigenvalue weighted by Crippen LogP contribution is 2.34. The lowest BCUT2D eigenvalue weighted by Crippen LogP contribution is -2.28. The molecule has 30 heavy (non-hydrogen) atoms. The van der Waals surface area contributed by atoms with E-state index in [4.69, 9.17) is 4.74 Å². The predicted octanol–water partition coefficient (Wildman–Crippen LogP) is 3.06. The Kier molecular flexibility index (Phi) is 5.07. The summed E-state index contributed by atoms with van der Waals surface area (Å²) < 4.78 is 7.59. The van der Waals surface area contributed by atoms with Crippen molar-refractivity contribution < 1.29 is 19.4 Å². The van der Waals surface area contributed by atoms with Gasteiger partial charge in [-0.2, -0.15) is 5.10 Å². The van der Waals surface area contributed by atoms with E-state index in [1.807, 2.05) is 32.0 Å². The first kappa shape index (κ1) is 19.8. The van der Waals surface area contributed by atoms with Crippen molar-refractivity contribution in [3.8, 4) is 11.5 Å². The summed E-state index contributed by atoms with van der Waals surface area (Å²) in [5.74, 6) is 0.188. The van der Waals surface area contributed by atoms with Gasteiger partial charge in [-0.15, -0.1) is 0 Å². The van der Waals surface area contributed by atoms with Gasteiger partial charge >= 0.3 is 0 Å². The first-order valence-corrected chi connectivity index (χ1v) is 9.86. The van der Waals surface area contributed by atoms with Crippen LogP contribution in [0.3, 0.4) is 0 Å². The molecular weight excluding hydrogens is 384 g/mol. The third-order valence-corrected chi connectivity index (χ3v) is 5.08. The van der Waals surface area contributed by atoms with Crippen LogP contribution >= 0.6 is 0 Å². The lowest BCUT2D eigenvalue weighted by molar-refractivity contribution is -0.122. The van der Waals surface area contributed by atoms with E-state index in [1.54, 1.807) is 23.9 Å². The number of hydrogen-bond acceptors (Lipinski definition) is 5. The van der Waals surface area contributed by atoms with E-state index in [0.717, 1.165) is 10.9 Å². The van der Waals surface area contributed by atoms with E-state index in [9.17, 15) is 14.7 Å². The standard InChI is InChI=1S/C22H24N4O4/c1-13(2)30-18-9-5-8-17-20(18)21(24-25(17)3)23-22(29)14-10-19(28)26(12-14)15-6-4-7-16(27)11-15/h4-9,11,13-14,27H,10,12H2,1-3H3,(H,23,24,29)/t14-/m1/s1. The Morgan fingerprint density at radius 2 is 2.03 bits per heavy atom. The first-order valence-electron chi connectivity index (χ1n) is 9.86. The molecule has 1 aliphatic rings. The number of phenolic OH excluding ortho intramolecular Hbond substituents is 1. The quantitative estimate of drug-likeness (QED) is 0.676. The van der Waals surface area contributed by atoms with Crippen LogP contribution in [0.2, 0.25) is 0 Å². The number of hydrogen-bond donors (Lipinski definition) is 2. The van der Waals surface area contributed by atoms with E-state index in [-0.39, 0.29) is 36.6 Å². The second kappa shape index (κ2) is 7.70. The molecule has 1 aromatic heterocycles. The zero-order chi connectivity index (χ0) is 21.4. The van der Waals surface area contributed by atoms with Crippen molar-refractivity contribution in [1.82, 2.24) is 9.78 Å². The van der Waals surface area contributed by atoms with Gasteiger partial charge in [0.1, 0.15) is 11.5 Å². The number of aromatic nitrogens is 2. The highest BCUT2D eigenvalue weighted by molar-refractivity contribution is 6.07. The summed E-state index contributed by atoms with van der Waals surface area (Å²) in [7, 11) is 1.81. The lowest BCUT2D eigenvalue weighted by atomic mass is 10.1. The van der Waals surface area contributed by atoms with Crippen molar-refractivity contribution in [3.05, 3.63) is 42.5 Å². The maximum atomic E-state index is 13.0. The molecule has 2 heterocycles. The molecule has 0 spiro atoms. The number of amides is 2. The number of anilines is 2. The average Bonchev–Trinajstić information content (AvgIpc) is 3.22. The Bertz CT molecular complexity index is 1120. The van der Waals surface area contributed by atoms with Crippen molar-refractivity contribution in [2.24, 2.45) is 13.0 Å². The van der Waals surface area contributed by atoms with Crippen molar-refractivity contribution in [2.45, 2.75) is 26.4 Å². The molecule has 0 radical (unpaired) electrons. The largest absolute Gasteiger partial charge is 0.508 e. The molecule has 156 valence electrons. The van der Waals surface area contributed by atoms with Gasteiger partial charge in [-0.05, 0) is 38.1 Å². The fourth-order valence-corrected chi connectivity index (χ4v) is 3.73. The first-order chi connectivity index (χ1) is 14.3. The van der Waals surface area contributed by atoms with Gasteiger partial charge in [0, 0.05) is 31.8 Å². The number of nitrogens with zero attached hydrogens (tertiary/aromatic N) is 3. The van der Waals surface area contributed by atoms with Crippen LogP contribution in [-0.4, -0.2) is 39.4 Å². The normalized spacial score (nSPS) is 16.5. The van der Waals surface area contributed by atoms with Crippen LogP contribution in [-0.2, 0) is 16.6 Å². The van der Waals surface area contributed by atoms with Crippen LogP contribution in [0, 0.1) is 5.92 Å². The number of aryl methyl sites for hydroxylation is 1. The molecule has 2 amide bonds. The van der Waals surface area contributed by atoms with E-state index in [2.05, 4.69) is 10.4 Å². The molecule has 8 heteroatoms. The van der Waals surface area contributed by atoms with Crippen LogP contribution in [0.1, 0.15) is 20.3 Å². The van der Waals surface area contributed by atoms with Crippen LogP contribution in [0.25, 0.3) is 10.9 Å². The number of rotatable bonds is 5. The van der Waals surface area contributed by atoms with Crippen LogP contribution in [0.4, 0.5) is 11.5 Å². The summed E-state index contributed by atoms with van der Waals surface area (Å²) in [5, 5.41) is 17.7. The summed E-state index contributed by atoms with van der Waals surface area (Å²) >= 11 is 0. The molecule has 0 unspecified atom stereocenters. The maximum absolute atomic E-state index is 13.0. The zero-order valence-electron chi connectivity index (χ0n) is 17.1. The minimum Gasteiger partial charge on any atom is -0.508 e. The summed E-state index contributed by atoms with van der Waals surface area (Å²) in [6.45, 7) is 4.12. The predicted molar refractivity (Wildman–Crippen MR) is 114 cm³/mol. The number of nitrogens with one attached hydrogen (secondary N) is 1. The SMILES string of the molecule is CC(C)Oc1cccc2c1c(NC(=O)[C@@H]1CC(=O)N(c3cccc(O)c3)C1)nn2C. The summed E-state index contributed by atoms with van der Waals surface area (Å²) in [4.78, 5) is 27.0. The number of fused-ring (bicyclic) bond motifs is 1. The molecule has 4 rings (SSSR count). The Balaban J connectivity index is 1.57. The molecule has 1 atom stereocenters. The van der Waals surface area contributed by atoms with E-state index < -0.39 is 5.92 Å². The Morgan fingerprint density at radius 3 is 2.77 bits per heavy atom. The number of phenols is 1. The molecule has 8 nitrogen and oxygen atoms in total. The lowest BCUT2D eigenvalue weighted by Gasteiger charge is -2.17. The van der Waals surface area contributed by atoms with Crippen LogP contribution < -0.4 is 15.0 Å². The average molecular weight is 408 g/mol. The smallest absolute Gasteiger partial charge is 0.231 e. The highest BCUT2D eigenvalue weighted by atomic mass is 16.5. The molecular formula is C22H24N4O4. The molecule has 1 fully saturated rings. The third kappa shape index (κ3) is 3.68. The van der Waals surface area contributed by atoms with E-state index >= 15 is 0 Å². The molecule has 2 aromatic carbocycles. The van der Waals surface area contributed by atoms with E-state index in [0.29, 0.717) is 17.3 Å². The highest BCUT2D eigenvalue weighted by Gasteiger charge is 2.36. The van der Waals surface area contributed by atoms with Gasteiger partial charge in [0.2, 0.25) is 11.8 Å². The number of carbonyl (C=O) groups excluding carboxylic acids is 2. The van der Waals surface area contributed by atoms with Crippen molar-refractivity contribution >= 4 is 34.2 Å². The molecule has 0 bridgehead atoms. The fraction of sp³-hybridized carbons (Fsp3) is 0.318. The molecule has 0 aliphatic carbocycles. The van der Waals surface area contributed by atoms with Crippen LogP contribution in [0.15, 0.2) is 42.5 Å². The van der Waals surface area contributed by atoms with Gasteiger partial charge < -0.3 is 20.1 Å². The third-order valence-electron chi connectivity index (χ3n) is 5.08. The number of carbonyl (C=O) groups is 2. The molecule has 1 saturated heterocycles. The van der Waals surface area contributed by atoms with Crippen LogP contribution in [0.5, 0.6) is 11.5 Å². The van der Waals surface area contributed by atoms with Crippen molar-refractivity contribution in [3.63, 3.8) is 0 Å². The van der Waals surface area contributed by atoms with E-state index in [1.165, 1.54) is 17.0 Å². The molecule has 0 saturated carbocycles. The number of benzene rings is 2. The molecule has 2 N–H and O–H groups in total. The summed E-state index contributed by atoms with van der Waals surface area (Å²) in [5.41, 5.74) is 1.42. The summed E-state index contributed by atoms with van der Waals surface area (Å²) in [6.07, 6.45) is 0.0735.